The van der Waals surface area contributed by atoms with E-state index < -0.39 is 6.10 Å². The molecule has 0 saturated carbocycles. The average molecular weight is 455 g/mol. The number of ether oxygens (including phenoxy) is 3. The minimum atomic E-state index is -0.535. The molecule has 0 unspecified atom stereocenters. The Hall–Kier alpha value is -2.94. The van der Waals surface area contributed by atoms with Gasteiger partial charge in [0, 0.05) is 24.3 Å². The Kier molecular flexibility index (Phi) is 7.27. The summed E-state index contributed by atoms with van der Waals surface area (Å²) in [7, 11) is 1.47. The molecule has 2 amide bonds. The topological polar surface area (TPSA) is 106 Å². The Morgan fingerprint density at radius 3 is 2.70 bits per heavy atom. The van der Waals surface area contributed by atoms with Crippen LogP contribution >= 0.6 is 0 Å². The lowest BCUT2D eigenvalue weighted by atomic mass is 9.84. The van der Waals surface area contributed by atoms with Crippen LogP contribution in [0.4, 0.5) is 5.69 Å². The third-order valence-corrected chi connectivity index (χ3v) is 6.15. The molecule has 33 heavy (non-hydrogen) atoms. The molecular formula is C25H30N2O6. The van der Waals surface area contributed by atoms with Crippen LogP contribution in [0.25, 0.3) is 0 Å². The zero-order valence-corrected chi connectivity index (χ0v) is 18.8. The number of anilines is 1. The number of aliphatic hydroxyl groups is 1. The number of carbonyl (C=O) groups is 2. The van der Waals surface area contributed by atoms with E-state index >= 15 is 0 Å². The van der Waals surface area contributed by atoms with Gasteiger partial charge >= 0.3 is 0 Å². The molecule has 3 N–H and O–H groups in total. The van der Waals surface area contributed by atoms with Crippen molar-refractivity contribution in [1.29, 1.82) is 0 Å². The van der Waals surface area contributed by atoms with Gasteiger partial charge in [-0.2, -0.15) is 0 Å². The summed E-state index contributed by atoms with van der Waals surface area (Å²) in [6.45, 7) is 1.71. The Labute approximate surface area is 193 Å². The van der Waals surface area contributed by atoms with Crippen LogP contribution in [0.3, 0.4) is 0 Å². The number of methoxy groups -OCH3 is 1. The minimum Gasteiger partial charge on any atom is -0.487 e. The second kappa shape index (κ2) is 10.3. The smallest absolute Gasteiger partial charge is 0.250 e. The highest BCUT2D eigenvalue weighted by Gasteiger charge is 2.46. The number of hydrogen-bond acceptors (Lipinski definition) is 6. The van der Waals surface area contributed by atoms with Gasteiger partial charge < -0.3 is 30.0 Å². The molecular weight excluding hydrogens is 424 g/mol. The Morgan fingerprint density at radius 2 is 1.97 bits per heavy atom. The third-order valence-electron chi connectivity index (χ3n) is 6.15. The molecule has 2 aromatic rings. The summed E-state index contributed by atoms with van der Waals surface area (Å²) in [5.41, 5.74) is 2.63. The van der Waals surface area contributed by atoms with Crippen LogP contribution in [0, 0.1) is 0 Å². The van der Waals surface area contributed by atoms with E-state index in [2.05, 4.69) is 10.6 Å². The van der Waals surface area contributed by atoms with E-state index in [9.17, 15) is 14.7 Å². The van der Waals surface area contributed by atoms with Crippen molar-refractivity contribution in [2.75, 3.05) is 25.6 Å². The fourth-order valence-electron chi connectivity index (χ4n) is 4.63. The monoisotopic (exact) mass is 454 g/mol. The molecule has 8 heteroatoms. The number of carbonyl (C=O) groups excluding carboxylic acids is 2. The number of nitrogens with one attached hydrogen (secondary N) is 2. The average Bonchev–Trinajstić information content (AvgIpc) is 3.17. The predicted octanol–water partition coefficient (Wildman–Crippen LogP) is 2.53. The Bertz CT molecular complexity index is 982. The van der Waals surface area contributed by atoms with Crippen molar-refractivity contribution in [3.05, 3.63) is 59.7 Å². The van der Waals surface area contributed by atoms with Crippen LogP contribution in [0.15, 0.2) is 48.5 Å². The summed E-state index contributed by atoms with van der Waals surface area (Å²) in [6.07, 6.45) is -0.454. The molecule has 0 aromatic heterocycles. The lowest BCUT2D eigenvalue weighted by molar-refractivity contribution is -0.142. The number of aliphatic hydroxyl groups excluding tert-OH is 1. The van der Waals surface area contributed by atoms with Crippen molar-refractivity contribution in [3.63, 3.8) is 0 Å². The maximum Gasteiger partial charge on any atom is 0.250 e. The van der Waals surface area contributed by atoms with E-state index in [1.165, 1.54) is 7.11 Å². The minimum absolute atomic E-state index is 0.0291. The van der Waals surface area contributed by atoms with Gasteiger partial charge in [0.2, 0.25) is 11.8 Å². The fraction of sp³-hybridized carbons (Fsp3) is 0.440. The van der Waals surface area contributed by atoms with Crippen molar-refractivity contribution in [2.45, 2.75) is 50.0 Å². The lowest BCUT2D eigenvalue weighted by Gasteiger charge is -2.37. The molecule has 2 aliphatic heterocycles. The molecule has 1 fully saturated rings. The number of hydrogen-bond donors (Lipinski definition) is 3. The van der Waals surface area contributed by atoms with E-state index in [1.807, 2.05) is 49.4 Å². The van der Waals surface area contributed by atoms with Crippen LogP contribution in [-0.2, 0) is 19.1 Å². The first-order valence-electron chi connectivity index (χ1n) is 11.2. The summed E-state index contributed by atoms with van der Waals surface area (Å²) in [4.78, 5) is 24.6. The second-order valence-electron chi connectivity index (χ2n) is 8.54. The highest BCUT2D eigenvalue weighted by Crippen LogP contribution is 2.47. The Balaban J connectivity index is 1.44. The second-order valence-corrected chi connectivity index (χ2v) is 8.54. The van der Waals surface area contributed by atoms with Crippen LogP contribution in [-0.4, -0.2) is 55.6 Å². The molecule has 2 heterocycles. The highest BCUT2D eigenvalue weighted by molar-refractivity contribution is 5.92. The summed E-state index contributed by atoms with van der Waals surface area (Å²) in [6, 6.07) is 15.1. The van der Waals surface area contributed by atoms with E-state index in [4.69, 9.17) is 14.2 Å². The molecule has 2 aliphatic rings. The molecule has 0 radical (unpaired) electrons. The molecule has 1 saturated heterocycles. The highest BCUT2D eigenvalue weighted by atomic mass is 16.6. The normalized spacial score (nSPS) is 24.2. The summed E-state index contributed by atoms with van der Waals surface area (Å²) in [5, 5.41) is 15.8. The number of benzene rings is 2. The summed E-state index contributed by atoms with van der Waals surface area (Å²) >= 11 is 0. The molecule has 8 nitrogen and oxygen atoms in total. The van der Waals surface area contributed by atoms with E-state index in [1.54, 1.807) is 6.07 Å². The van der Waals surface area contributed by atoms with Gasteiger partial charge in [-0.15, -0.1) is 0 Å². The molecule has 0 bridgehead atoms. The van der Waals surface area contributed by atoms with Gasteiger partial charge in [0.15, 0.2) is 0 Å². The van der Waals surface area contributed by atoms with Gasteiger partial charge in [0.25, 0.3) is 0 Å². The van der Waals surface area contributed by atoms with Crippen molar-refractivity contribution < 1.29 is 28.9 Å². The first kappa shape index (κ1) is 23.2. The number of amides is 2. The zero-order valence-electron chi connectivity index (χ0n) is 18.8. The van der Waals surface area contributed by atoms with Gasteiger partial charge in [-0.1, -0.05) is 30.3 Å². The summed E-state index contributed by atoms with van der Waals surface area (Å²) < 4.78 is 17.0. The van der Waals surface area contributed by atoms with Crippen LogP contribution < -0.4 is 15.4 Å². The van der Waals surface area contributed by atoms with Crippen LogP contribution in [0.5, 0.6) is 5.75 Å². The van der Waals surface area contributed by atoms with Gasteiger partial charge in [0.1, 0.15) is 24.6 Å². The van der Waals surface area contributed by atoms with Gasteiger partial charge in [-0.3, -0.25) is 9.59 Å². The zero-order chi connectivity index (χ0) is 23.4. The predicted molar refractivity (Wildman–Crippen MR) is 122 cm³/mol. The number of rotatable bonds is 8. The standard InChI is InChI=1S/C25H30N2O6/c1-15(16-6-4-3-5-7-16)26-23(29)12-18-11-20-19-10-17(27-24(30)14-31-2)8-9-21(19)33-25(20)22(13-28)32-18/h3-10,15,18,20,22,25,28H,11-14H2,1-2H3,(H,26,29)(H,27,30)/t15-,18+,20+,22+,25-/m1/s1. The maximum atomic E-state index is 12.7. The quantitative estimate of drug-likeness (QED) is 0.566. The largest absolute Gasteiger partial charge is 0.487 e. The van der Waals surface area contributed by atoms with Crippen molar-refractivity contribution in [1.82, 2.24) is 5.32 Å². The molecule has 0 spiro atoms. The fourth-order valence-corrected chi connectivity index (χ4v) is 4.63. The van der Waals surface area contributed by atoms with Gasteiger partial charge in [0.05, 0.1) is 25.2 Å². The number of fused-ring (bicyclic) bond motifs is 3. The van der Waals surface area contributed by atoms with Crippen molar-refractivity contribution in [2.24, 2.45) is 0 Å². The van der Waals surface area contributed by atoms with Crippen molar-refractivity contribution in [3.8, 4) is 5.75 Å². The van der Waals surface area contributed by atoms with Crippen molar-refractivity contribution >= 4 is 17.5 Å². The maximum absolute atomic E-state index is 12.7. The van der Waals surface area contributed by atoms with Crippen LogP contribution in [0.2, 0.25) is 0 Å². The molecule has 0 aliphatic carbocycles. The van der Waals surface area contributed by atoms with E-state index in [-0.39, 0.29) is 55.6 Å². The van der Waals surface area contributed by atoms with Crippen LogP contribution in [0.1, 0.15) is 42.9 Å². The van der Waals surface area contributed by atoms with Gasteiger partial charge in [-0.05, 0) is 37.1 Å². The summed E-state index contributed by atoms with van der Waals surface area (Å²) in [5.74, 6) is 0.315. The first-order valence-corrected chi connectivity index (χ1v) is 11.2. The SMILES string of the molecule is COCC(=O)Nc1ccc2c(c1)[C@@H]1C[C@@H](CC(=O)N[C@H](C)c3ccccc3)O[C@@H](CO)[C@@H]1O2. The molecule has 4 rings (SSSR count). The van der Waals surface area contributed by atoms with Gasteiger partial charge in [-0.25, -0.2) is 0 Å². The third kappa shape index (κ3) is 5.35. The molecule has 2 aromatic carbocycles. The van der Waals surface area contributed by atoms with E-state index in [0.717, 1.165) is 11.1 Å². The first-order chi connectivity index (χ1) is 16.0. The lowest BCUT2D eigenvalue weighted by Crippen LogP contribution is -2.47. The molecule has 176 valence electrons. The Morgan fingerprint density at radius 1 is 1.18 bits per heavy atom. The van der Waals surface area contributed by atoms with E-state index in [0.29, 0.717) is 17.9 Å². The molecule has 5 atom stereocenters.